The Kier molecular flexibility index (Phi) is 3.57. The maximum absolute atomic E-state index is 11.9. The fourth-order valence-corrected chi connectivity index (χ4v) is 7.31. The first-order valence-electron chi connectivity index (χ1n) is 9.37. The highest BCUT2D eigenvalue weighted by molar-refractivity contribution is 6.26. The van der Waals surface area contributed by atoms with Gasteiger partial charge < -0.3 is 10.2 Å². The van der Waals surface area contributed by atoms with Crippen LogP contribution in [-0.4, -0.2) is 32.6 Å². The van der Waals surface area contributed by atoms with Crippen molar-refractivity contribution in [2.75, 3.05) is 0 Å². The molecular weight excluding hydrogens is 338 g/mol. The maximum Gasteiger partial charge on any atom is 0.156 e. The van der Waals surface area contributed by atoms with Gasteiger partial charge in [-0.2, -0.15) is 5.26 Å². The highest BCUT2D eigenvalue weighted by Crippen LogP contribution is 2.70. The summed E-state index contributed by atoms with van der Waals surface area (Å²) in [6, 6.07) is 2.13. The van der Waals surface area contributed by atoms with Gasteiger partial charge in [-0.15, -0.1) is 11.6 Å². The molecule has 25 heavy (non-hydrogen) atoms. The first-order chi connectivity index (χ1) is 11.6. The van der Waals surface area contributed by atoms with Crippen LogP contribution >= 0.6 is 11.6 Å². The summed E-state index contributed by atoms with van der Waals surface area (Å²) in [5, 5.41) is 31.7. The SMILES string of the molecule is C[C@]12CCC(=O)C=C1CC[C@H]1[C@@H]3CC[C@@](O)(C#N)[C@@]3(C)C[C@@H](O)[C@@]12Cl. The Morgan fingerprint density at radius 3 is 2.64 bits per heavy atom. The lowest BCUT2D eigenvalue weighted by molar-refractivity contribution is -0.143. The van der Waals surface area contributed by atoms with E-state index >= 15 is 0 Å². The minimum absolute atomic E-state index is 0.0423. The number of allylic oxidation sites excluding steroid dienone is 1. The molecule has 0 aromatic rings. The minimum Gasteiger partial charge on any atom is -0.391 e. The number of nitrogens with zero attached hydrogens (tertiary/aromatic N) is 1. The van der Waals surface area contributed by atoms with E-state index in [2.05, 4.69) is 13.0 Å². The number of ketones is 1. The number of halogens is 1. The first kappa shape index (κ1) is 17.5. The first-order valence-corrected chi connectivity index (χ1v) is 9.75. The molecule has 0 unspecified atom stereocenters. The molecule has 4 aliphatic carbocycles. The third-order valence-electron chi connectivity index (χ3n) is 8.38. The fraction of sp³-hybridized carbons (Fsp3) is 0.800. The topological polar surface area (TPSA) is 81.3 Å². The standard InChI is InChI=1S/C20H26ClNO3/c1-17-7-5-13(23)9-12(17)3-4-15-14-6-8-19(25,11-22)18(14,2)10-16(24)20(15,17)21/h9,14-16,24-25H,3-8,10H2,1-2H3/t14-,15-,16+,17-,18-,19+,20-/m0/s1. The van der Waals surface area contributed by atoms with Gasteiger partial charge in [-0.3, -0.25) is 4.79 Å². The van der Waals surface area contributed by atoms with Crippen molar-refractivity contribution in [1.82, 2.24) is 0 Å². The van der Waals surface area contributed by atoms with Gasteiger partial charge in [-0.25, -0.2) is 0 Å². The van der Waals surface area contributed by atoms with E-state index in [0.29, 0.717) is 25.7 Å². The molecule has 4 rings (SSSR count). The molecule has 4 aliphatic rings. The highest BCUT2D eigenvalue weighted by Gasteiger charge is 2.72. The molecule has 0 aromatic heterocycles. The van der Waals surface area contributed by atoms with Crippen LogP contribution in [0.4, 0.5) is 0 Å². The van der Waals surface area contributed by atoms with Gasteiger partial charge in [-0.05, 0) is 56.4 Å². The molecule has 0 heterocycles. The van der Waals surface area contributed by atoms with Crippen LogP contribution in [0, 0.1) is 34.0 Å². The van der Waals surface area contributed by atoms with E-state index in [9.17, 15) is 20.3 Å². The number of alkyl halides is 1. The van der Waals surface area contributed by atoms with Crippen molar-refractivity contribution in [1.29, 1.82) is 5.26 Å². The predicted molar refractivity (Wildman–Crippen MR) is 93.8 cm³/mol. The lowest BCUT2D eigenvalue weighted by atomic mass is 9.45. The quantitative estimate of drug-likeness (QED) is 0.512. The Morgan fingerprint density at radius 1 is 1.24 bits per heavy atom. The van der Waals surface area contributed by atoms with Crippen molar-refractivity contribution < 1.29 is 15.0 Å². The number of fused-ring (bicyclic) bond motifs is 5. The fourth-order valence-electron chi connectivity index (χ4n) is 6.76. The van der Waals surface area contributed by atoms with Crippen LogP contribution in [0.2, 0.25) is 0 Å². The molecule has 0 amide bonds. The van der Waals surface area contributed by atoms with E-state index in [4.69, 9.17) is 11.6 Å². The molecule has 5 heteroatoms. The van der Waals surface area contributed by atoms with Crippen molar-refractivity contribution in [3.63, 3.8) is 0 Å². The van der Waals surface area contributed by atoms with Gasteiger partial charge in [0.15, 0.2) is 11.4 Å². The minimum atomic E-state index is -1.39. The lowest BCUT2D eigenvalue weighted by Crippen LogP contribution is -2.68. The van der Waals surface area contributed by atoms with Gasteiger partial charge in [0.25, 0.3) is 0 Å². The average Bonchev–Trinajstić information content (AvgIpc) is 2.82. The van der Waals surface area contributed by atoms with Gasteiger partial charge in [0.05, 0.1) is 17.0 Å². The average molecular weight is 364 g/mol. The summed E-state index contributed by atoms with van der Waals surface area (Å²) in [7, 11) is 0. The van der Waals surface area contributed by atoms with Crippen molar-refractivity contribution in [3.05, 3.63) is 11.6 Å². The van der Waals surface area contributed by atoms with Crippen molar-refractivity contribution in [2.24, 2.45) is 22.7 Å². The molecule has 0 radical (unpaired) electrons. The van der Waals surface area contributed by atoms with Crippen molar-refractivity contribution in [2.45, 2.75) is 75.4 Å². The van der Waals surface area contributed by atoms with Crippen LogP contribution in [0.25, 0.3) is 0 Å². The number of carbonyl (C=O) groups excluding carboxylic acids is 1. The van der Waals surface area contributed by atoms with Gasteiger partial charge in [0.2, 0.25) is 0 Å². The Morgan fingerprint density at radius 2 is 1.96 bits per heavy atom. The number of nitriles is 1. The summed E-state index contributed by atoms with van der Waals surface area (Å²) < 4.78 is 0. The molecule has 0 spiro atoms. The molecule has 136 valence electrons. The van der Waals surface area contributed by atoms with Crippen LogP contribution in [0.5, 0.6) is 0 Å². The highest BCUT2D eigenvalue weighted by atomic mass is 35.5. The van der Waals surface area contributed by atoms with Gasteiger partial charge in [0, 0.05) is 17.3 Å². The second-order valence-corrected chi connectivity index (χ2v) is 9.76. The van der Waals surface area contributed by atoms with E-state index in [1.54, 1.807) is 6.08 Å². The molecule has 7 atom stereocenters. The molecule has 4 nitrogen and oxygen atoms in total. The zero-order valence-electron chi connectivity index (χ0n) is 14.9. The normalized spacial score (nSPS) is 54.8. The number of aliphatic hydroxyl groups is 2. The van der Waals surface area contributed by atoms with Gasteiger partial charge in [-0.1, -0.05) is 19.4 Å². The molecule has 3 fully saturated rings. The van der Waals surface area contributed by atoms with Crippen molar-refractivity contribution in [3.8, 4) is 6.07 Å². The largest absolute Gasteiger partial charge is 0.391 e. The molecule has 0 saturated heterocycles. The summed E-state index contributed by atoms with van der Waals surface area (Å²) in [6.45, 7) is 4.05. The van der Waals surface area contributed by atoms with Crippen LogP contribution < -0.4 is 0 Å². The van der Waals surface area contributed by atoms with Crippen LogP contribution in [0.15, 0.2) is 11.6 Å². The third kappa shape index (κ3) is 1.88. The molecule has 2 N–H and O–H groups in total. The Bertz CT molecular complexity index is 714. The van der Waals surface area contributed by atoms with Gasteiger partial charge in [0.1, 0.15) is 0 Å². The third-order valence-corrected chi connectivity index (χ3v) is 9.33. The van der Waals surface area contributed by atoms with Crippen LogP contribution in [-0.2, 0) is 4.79 Å². The molecule has 3 saturated carbocycles. The zero-order chi connectivity index (χ0) is 18.3. The van der Waals surface area contributed by atoms with Crippen LogP contribution in [0.1, 0.15) is 58.8 Å². The Labute approximate surface area is 153 Å². The monoisotopic (exact) mass is 363 g/mol. The summed E-state index contributed by atoms with van der Waals surface area (Å²) in [4.78, 5) is 11.1. The summed E-state index contributed by atoms with van der Waals surface area (Å²) >= 11 is 7.29. The maximum atomic E-state index is 11.9. The van der Waals surface area contributed by atoms with Gasteiger partial charge >= 0.3 is 0 Å². The van der Waals surface area contributed by atoms with E-state index in [-0.39, 0.29) is 17.6 Å². The molecule has 0 aliphatic heterocycles. The molecule has 0 bridgehead atoms. The number of hydrogen-bond acceptors (Lipinski definition) is 4. The zero-order valence-corrected chi connectivity index (χ0v) is 15.6. The van der Waals surface area contributed by atoms with E-state index in [0.717, 1.165) is 24.8 Å². The lowest BCUT2D eigenvalue weighted by Gasteiger charge is -2.64. The number of rotatable bonds is 0. The number of carbonyl (C=O) groups is 1. The number of aliphatic hydroxyl groups excluding tert-OH is 1. The van der Waals surface area contributed by atoms with E-state index in [1.165, 1.54) is 0 Å². The smallest absolute Gasteiger partial charge is 0.156 e. The Balaban J connectivity index is 1.82. The summed E-state index contributed by atoms with van der Waals surface area (Å²) in [5.41, 5.74) is -1.35. The number of hydrogen-bond donors (Lipinski definition) is 2. The predicted octanol–water partition coefficient (Wildman–Crippen LogP) is 3.11. The van der Waals surface area contributed by atoms with Crippen LogP contribution in [0.3, 0.4) is 0 Å². The molecular formula is C20H26ClNO3. The summed E-state index contributed by atoms with van der Waals surface area (Å²) in [6.07, 6.45) is 5.24. The van der Waals surface area contributed by atoms with E-state index in [1.807, 2.05) is 6.92 Å². The second-order valence-electron chi connectivity index (χ2n) is 9.14. The molecule has 0 aromatic carbocycles. The van der Waals surface area contributed by atoms with E-state index < -0.39 is 27.4 Å². The summed E-state index contributed by atoms with van der Waals surface area (Å²) in [5.74, 6) is 0.316. The van der Waals surface area contributed by atoms with Crippen molar-refractivity contribution >= 4 is 17.4 Å². The second kappa shape index (κ2) is 5.09. The Hall–Kier alpha value is -0.890.